The van der Waals surface area contributed by atoms with Crippen molar-refractivity contribution in [2.45, 2.75) is 18.3 Å². The standard InChI is InChI=1S/C5H6F3NO2/c1-11-4(10)2-3(9-2)5(6,7)8/h2-3,9H,1H3/t2-,3+/m1/s1. The molecule has 1 aliphatic rings. The Kier molecular flexibility index (Phi) is 1.79. The number of hydrogen-bond acceptors (Lipinski definition) is 3. The van der Waals surface area contributed by atoms with Gasteiger partial charge in [-0.15, -0.1) is 0 Å². The number of nitrogens with one attached hydrogen (secondary N) is 1. The van der Waals surface area contributed by atoms with Crippen molar-refractivity contribution in [3.8, 4) is 0 Å². The molecule has 64 valence electrons. The van der Waals surface area contributed by atoms with E-state index in [4.69, 9.17) is 0 Å². The minimum atomic E-state index is -4.35. The zero-order valence-corrected chi connectivity index (χ0v) is 5.61. The summed E-state index contributed by atoms with van der Waals surface area (Å²) in [6.07, 6.45) is -4.35. The summed E-state index contributed by atoms with van der Waals surface area (Å²) in [6, 6.07) is -2.91. The van der Waals surface area contributed by atoms with Crippen LogP contribution in [0.3, 0.4) is 0 Å². The Labute approximate surface area is 60.5 Å². The molecule has 1 heterocycles. The summed E-state index contributed by atoms with van der Waals surface area (Å²) in [5, 5.41) is 1.96. The van der Waals surface area contributed by atoms with E-state index in [0.717, 1.165) is 7.11 Å². The van der Waals surface area contributed by atoms with E-state index in [-0.39, 0.29) is 0 Å². The number of halogens is 3. The van der Waals surface area contributed by atoms with E-state index < -0.39 is 24.2 Å². The Morgan fingerprint density at radius 2 is 2.09 bits per heavy atom. The van der Waals surface area contributed by atoms with Crippen LogP contribution in [0.5, 0.6) is 0 Å². The highest BCUT2D eigenvalue weighted by Gasteiger charge is 2.59. The van der Waals surface area contributed by atoms with Crippen LogP contribution in [0.1, 0.15) is 0 Å². The lowest BCUT2D eigenvalue weighted by atomic mass is 10.3. The maximum absolute atomic E-state index is 11.7. The van der Waals surface area contributed by atoms with E-state index in [1.807, 2.05) is 5.32 Å². The highest BCUT2D eigenvalue weighted by atomic mass is 19.4. The minimum absolute atomic E-state index is 0.868. The highest BCUT2D eigenvalue weighted by molar-refractivity contribution is 5.80. The SMILES string of the molecule is COC(=O)[C@@H]1N[C@@H]1C(F)(F)F. The van der Waals surface area contributed by atoms with Crippen LogP contribution in [-0.2, 0) is 9.53 Å². The molecule has 1 fully saturated rings. The topological polar surface area (TPSA) is 48.2 Å². The normalized spacial score (nSPS) is 29.8. The van der Waals surface area contributed by atoms with Gasteiger partial charge in [0.2, 0.25) is 0 Å². The number of alkyl halides is 3. The maximum Gasteiger partial charge on any atom is 0.405 e. The van der Waals surface area contributed by atoms with E-state index in [0.29, 0.717) is 0 Å². The minimum Gasteiger partial charge on any atom is -0.468 e. The van der Waals surface area contributed by atoms with Gasteiger partial charge in [0.05, 0.1) is 7.11 Å². The lowest BCUT2D eigenvalue weighted by Gasteiger charge is -2.00. The Morgan fingerprint density at radius 1 is 1.55 bits per heavy atom. The van der Waals surface area contributed by atoms with Crippen molar-refractivity contribution in [1.29, 1.82) is 0 Å². The third-order valence-corrected chi connectivity index (χ3v) is 1.39. The van der Waals surface area contributed by atoms with Crippen molar-refractivity contribution in [2.24, 2.45) is 0 Å². The first kappa shape index (κ1) is 8.32. The number of methoxy groups -OCH3 is 1. The Bertz CT molecular complexity index is 179. The lowest BCUT2D eigenvalue weighted by molar-refractivity contribution is -0.147. The molecule has 11 heavy (non-hydrogen) atoms. The molecule has 0 radical (unpaired) electrons. The van der Waals surface area contributed by atoms with Gasteiger partial charge in [0.25, 0.3) is 0 Å². The molecule has 0 spiro atoms. The number of carbonyl (C=O) groups is 1. The predicted octanol–water partition coefficient (Wildman–Crippen LogP) is 0.0621. The third kappa shape index (κ3) is 1.62. The quantitative estimate of drug-likeness (QED) is 0.446. The van der Waals surface area contributed by atoms with Crippen LogP contribution in [0.25, 0.3) is 0 Å². The van der Waals surface area contributed by atoms with E-state index in [9.17, 15) is 18.0 Å². The molecule has 0 aromatic carbocycles. The van der Waals surface area contributed by atoms with Gasteiger partial charge in [-0.3, -0.25) is 10.1 Å². The van der Waals surface area contributed by atoms with Gasteiger partial charge in [0.1, 0.15) is 12.1 Å². The van der Waals surface area contributed by atoms with Gasteiger partial charge in [0.15, 0.2) is 0 Å². The molecule has 2 atom stereocenters. The number of rotatable bonds is 1. The van der Waals surface area contributed by atoms with Crippen LogP contribution in [0.4, 0.5) is 13.2 Å². The average molecular weight is 169 g/mol. The Morgan fingerprint density at radius 3 is 2.36 bits per heavy atom. The first-order valence-electron chi connectivity index (χ1n) is 2.87. The van der Waals surface area contributed by atoms with Gasteiger partial charge in [-0.1, -0.05) is 0 Å². The van der Waals surface area contributed by atoms with Gasteiger partial charge in [-0.25, -0.2) is 0 Å². The summed E-state index contributed by atoms with van der Waals surface area (Å²) in [4.78, 5) is 10.4. The molecule has 0 saturated carbocycles. The first-order valence-corrected chi connectivity index (χ1v) is 2.87. The molecule has 6 heteroatoms. The second kappa shape index (κ2) is 2.37. The van der Waals surface area contributed by atoms with E-state index in [1.54, 1.807) is 0 Å². The summed E-state index contributed by atoms with van der Waals surface area (Å²) in [5.74, 6) is -0.868. The number of ether oxygens (including phenoxy) is 1. The highest BCUT2D eigenvalue weighted by Crippen LogP contribution is 2.31. The number of esters is 1. The second-order valence-electron chi connectivity index (χ2n) is 2.19. The first-order chi connectivity index (χ1) is 4.96. The Hall–Kier alpha value is -0.780. The number of hydrogen-bond donors (Lipinski definition) is 1. The van der Waals surface area contributed by atoms with E-state index in [1.165, 1.54) is 0 Å². The molecule has 1 aliphatic heterocycles. The van der Waals surface area contributed by atoms with Crippen molar-refractivity contribution >= 4 is 5.97 Å². The van der Waals surface area contributed by atoms with Crippen LogP contribution in [0.2, 0.25) is 0 Å². The molecular formula is C5H6F3NO2. The molecule has 3 nitrogen and oxygen atoms in total. The van der Waals surface area contributed by atoms with Crippen LogP contribution in [0.15, 0.2) is 0 Å². The fraction of sp³-hybridized carbons (Fsp3) is 0.800. The van der Waals surface area contributed by atoms with Gasteiger partial charge in [-0.2, -0.15) is 13.2 Å². The van der Waals surface area contributed by atoms with Crippen molar-refractivity contribution in [3.63, 3.8) is 0 Å². The van der Waals surface area contributed by atoms with Gasteiger partial charge >= 0.3 is 12.1 Å². The Balaban J connectivity index is 2.44. The van der Waals surface area contributed by atoms with E-state index in [2.05, 4.69) is 4.74 Å². The molecule has 0 aromatic rings. The third-order valence-electron chi connectivity index (χ3n) is 1.39. The summed E-state index contributed by atoms with van der Waals surface area (Å²) in [7, 11) is 1.05. The van der Waals surface area contributed by atoms with Crippen molar-refractivity contribution in [3.05, 3.63) is 0 Å². The molecule has 1 saturated heterocycles. The molecule has 0 amide bonds. The fourth-order valence-corrected chi connectivity index (χ4v) is 0.752. The molecule has 0 bridgehead atoms. The van der Waals surface area contributed by atoms with Crippen molar-refractivity contribution in [1.82, 2.24) is 5.32 Å². The monoisotopic (exact) mass is 169 g/mol. The van der Waals surface area contributed by atoms with Crippen LogP contribution < -0.4 is 5.32 Å². The maximum atomic E-state index is 11.7. The summed E-state index contributed by atoms with van der Waals surface area (Å²) in [5.41, 5.74) is 0. The molecule has 1 N–H and O–H groups in total. The molecule has 0 unspecified atom stereocenters. The molecule has 0 aliphatic carbocycles. The van der Waals surface area contributed by atoms with Gasteiger partial charge < -0.3 is 4.74 Å². The average Bonchev–Trinajstić information content (AvgIpc) is 2.62. The largest absolute Gasteiger partial charge is 0.468 e. The smallest absolute Gasteiger partial charge is 0.405 e. The van der Waals surface area contributed by atoms with Crippen LogP contribution in [0, 0.1) is 0 Å². The molecule has 0 aromatic heterocycles. The van der Waals surface area contributed by atoms with Gasteiger partial charge in [-0.05, 0) is 0 Å². The summed E-state index contributed by atoms with van der Waals surface area (Å²) < 4.78 is 39.2. The fourth-order valence-electron chi connectivity index (χ4n) is 0.752. The summed E-state index contributed by atoms with van der Waals surface area (Å²) in [6.45, 7) is 0. The molecular weight excluding hydrogens is 163 g/mol. The predicted molar refractivity (Wildman–Crippen MR) is 28.8 cm³/mol. The van der Waals surface area contributed by atoms with Gasteiger partial charge in [0, 0.05) is 0 Å². The van der Waals surface area contributed by atoms with Crippen LogP contribution >= 0.6 is 0 Å². The zero-order valence-electron chi connectivity index (χ0n) is 5.61. The lowest BCUT2D eigenvalue weighted by Crippen LogP contribution is -2.23. The van der Waals surface area contributed by atoms with Crippen molar-refractivity contribution < 1.29 is 22.7 Å². The summed E-state index contributed by atoms with van der Waals surface area (Å²) >= 11 is 0. The van der Waals surface area contributed by atoms with Crippen LogP contribution in [-0.4, -0.2) is 31.3 Å². The number of carbonyl (C=O) groups excluding carboxylic acids is 1. The second-order valence-corrected chi connectivity index (χ2v) is 2.19. The zero-order chi connectivity index (χ0) is 8.65. The van der Waals surface area contributed by atoms with Crippen molar-refractivity contribution in [2.75, 3.05) is 7.11 Å². The van der Waals surface area contributed by atoms with E-state index >= 15 is 0 Å². The molecule has 1 rings (SSSR count).